The van der Waals surface area contributed by atoms with Gasteiger partial charge in [-0.15, -0.1) is 12.4 Å². The Morgan fingerprint density at radius 2 is 2.10 bits per heavy atom. The summed E-state index contributed by atoms with van der Waals surface area (Å²) >= 11 is 0. The van der Waals surface area contributed by atoms with Crippen LogP contribution in [-0.2, 0) is 4.74 Å². The number of rotatable bonds is 3. The molecule has 1 aromatic heterocycles. The molecule has 1 saturated heterocycles. The van der Waals surface area contributed by atoms with Crippen molar-refractivity contribution in [3.05, 3.63) is 22.7 Å². The average molecular weight is 310 g/mol. The van der Waals surface area contributed by atoms with Gasteiger partial charge in [0, 0.05) is 6.20 Å². The second kappa shape index (κ2) is 6.48. The molecule has 0 spiro atoms. The standard InChI is InChI=1S/C10H15N3O6.ClH/c11-5-1-2-13(10(18)12-5)9-7(17)6(16)8(19-9)4(15)3-14;/h1-2,4,6-9,14-17H,3H2,(H2,11,12,18);1H. The molecule has 0 amide bonds. The summed E-state index contributed by atoms with van der Waals surface area (Å²) in [6.45, 7) is -0.643. The predicted octanol–water partition coefficient (Wildman–Crippen LogP) is -2.78. The molecule has 5 unspecified atom stereocenters. The van der Waals surface area contributed by atoms with E-state index in [0.717, 1.165) is 4.57 Å². The highest BCUT2D eigenvalue weighted by atomic mass is 35.5. The second-order valence-corrected chi connectivity index (χ2v) is 4.26. The van der Waals surface area contributed by atoms with Crippen molar-refractivity contribution in [1.82, 2.24) is 9.55 Å². The van der Waals surface area contributed by atoms with Crippen LogP contribution in [0.1, 0.15) is 6.23 Å². The quantitative estimate of drug-likeness (QED) is 0.402. The summed E-state index contributed by atoms with van der Waals surface area (Å²) in [4.78, 5) is 15.1. The van der Waals surface area contributed by atoms with Crippen molar-refractivity contribution in [3.63, 3.8) is 0 Å². The normalized spacial score (nSPS) is 30.8. The van der Waals surface area contributed by atoms with E-state index in [-0.39, 0.29) is 18.2 Å². The highest BCUT2D eigenvalue weighted by Crippen LogP contribution is 2.30. The zero-order chi connectivity index (χ0) is 14.2. The first-order valence-electron chi connectivity index (χ1n) is 5.61. The fourth-order valence-electron chi connectivity index (χ4n) is 1.96. The van der Waals surface area contributed by atoms with Crippen LogP contribution >= 0.6 is 12.4 Å². The Morgan fingerprint density at radius 1 is 1.45 bits per heavy atom. The molecule has 20 heavy (non-hydrogen) atoms. The minimum Gasteiger partial charge on any atom is -0.394 e. The van der Waals surface area contributed by atoms with Gasteiger partial charge in [-0.25, -0.2) is 4.79 Å². The number of ether oxygens (including phenoxy) is 1. The van der Waals surface area contributed by atoms with Gasteiger partial charge in [0.05, 0.1) is 6.61 Å². The topological polar surface area (TPSA) is 151 Å². The maximum absolute atomic E-state index is 11.6. The summed E-state index contributed by atoms with van der Waals surface area (Å²) in [5, 5.41) is 37.8. The van der Waals surface area contributed by atoms with E-state index in [1.54, 1.807) is 0 Å². The zero-order valence-electron chi connectivity index (χ0n) is 10.2. The lowest BCUT2D eigenvalue weighted by Gasteiger charge is -2.18. The molecule has 1 aromatic rings. The van der Waals surface area contributed by atoms with Gasteiger partial charge in [-0.3, -0.25) is 4.57 Å². The molecule has 6 N–H and O–H groups in total. The van der Waals surface area contributed by atoms with Crippen LogP contribution in [0.2, 0.25) is 0 Å². The van der Waals surface area contributed by atoms with Gasteiger partial charge >= 0.3 is 5.69 Å². The molecule has 0 aliphatic carbocycles. The number of aliphatic hydroxyl groups is 4. The first kappa shape index (κ1) is 16.8. The van der Waals surface area contributed by atoms with E-state index in [0.29, 0.717) is 0 Å². The van der Waals surface area contributed by atoms with E-state index in [9.17, 15) is 20.1 Å². The number of aromatic nitrogens is 2. The largest absolute Gasteiger partial charge is 0.394 e. The van der Waals surface area contributed by atoms with Gasteiger partial charge in [0.2, 0.25) is 0 Å². The maximum atomic E-state index is 11.6. The van der Waals surface area contributed by atoms with Crippen LogP contribution in [-0.4, -0.2) is 61.0 Å². The first-order chi connectivity index (χ1) is 8.95. The minimum absolute atomic E-state index is 0. The molecule has 10 heteroatoms. The monoisotopic (exact) mass is 309 g/mol. The molecule has 2 heterocycles. The number of nitrogens with zero attached hydrogens (tertiary/aromatic N) is 2. The van der Waals surface area contributed by atoms with Crippen molar-refractivity contribution < 1.29 is 25.2 Å². The highest BCUT2D eigenvalue weighted by Gasteiger charge is 2.46. The maximum Gasteiger partial charge on any atom is 0.351 e. The number of hydrogen-bond donors (Lipinski definition) is 5. The Hall–Kier alpha value is -1.23. The van der Waals surface area contributed by atoms with Crippen LogP contribution in [0.15, 0.2) is 17.1 Å². The number of halogens is 1. The lowest BCUT2D eigenvalue weighted by molar-refractivity contribution is -0.0981. The molecule has 2 rings (SSSR count). The van der Waals surface area contributed by atoms with Crippen molar-refractivity contribution in [2.24, 2.45) is 0 Å². The third-order valence-electron chi connectivity index (χ3n) is 2.97. The summed E-state index contributed by atoms with van der Waals surface area (Å²) in [6, 6.07) is 1.33. The number of nitrogens with two attached hydrogens (primary N) is 1. The summed E-state index contributed by atoms with van der Waals surface area (Å²) in [7, 11) is 0. The van der Waals surface area contributed by atoms with E-state index >= 15 is 0 Å². The third kappa shape index (κ3) is 2.92. The summed E-state index contributed by atoms with van der Waals surface area (Å²) < 4.78 is 6.17. The van der Waals surface area contributed by atoms with Gasteiger partial charge in [0.1, 0.15) is 30.2 Å². The van der Waals surface area contributed by atoms with Crippen LogP contribution in [0.3, 0.4) is 0 Å². The molecule has 5 atom stereocenters. The summed E-state index contributed by atoms with van der Waals surface area (Å²) in [5.41, 5.74) is 4.58. The van der Waals surface area contributed by atoms with Crippen molar-refractivity contribution >= 4 is 18.2 Å². The first-order valence-corrected chi connectivity index (χ1v) is 5.61. The number of nitrogen functional groups attached to an aromatic ring is 1. The van der Waals surface area contributed by atoms with Crippen molar-refractivity contribution in [2.45, 2.75) is 30.6 Å². The van der Waals surface area contributed by atoms with Gasteiger partial charge in [-0.1, -0.05) is 0 Å². The van der Waals surface area contributed by atoms with E-state index in [1.807, 2.05) is 0 Å². The second-order valence-electron chi connectivity index (χ2n) is 4.26. The Morgan fingerprint density at radius 3 is 2.65 bits per heavy atom. The Kier molecular flexibility index (Phi) is 5.45. The Balaban J connectivity index is 0.00000200. The van der Waals surface area contributed by atoms with Gasteiger partial charge in [-0.05, 0) is 6.07 Å². The highest BCUT2D eigenvalue weighted by molar-refractivity contribution is 5.85. The fourth-order valence-corrected chi connectivity index (χ4v) is 1.96. The van der Waals surface area contributed by atoms with Gasteiger partial charge in [0.25, 0.3) is 0 Å². The smallest absolute Gasteiger partial charge is 0.351 e. The van der Waals surface area contributed by atoms with Crippen molar-refractivity contribution in [2.75, 3.05) is 12.3 Å². The number of anilines is 1. The molecule has 0 saturated carbocycles. The van der Waals surface area contributed by atoms with E-state index in [4.69, 9.17) is 15.6 Å². The molecule has 0 aromatic carbocycles. The lowest BCUT2D eigenvalue weighted by atomic mass is 10.1. The Labute approximate surface area is 119 Å². The molecule has 1 aliphatic heterocycles. The van der Waals surface area contributed by atoms with Crippen LogP contribution in [0.25, 0.3) is 0 Å². The fraction of sp³-hybridized carbons (Fsp3) is 0.600. The molecular weight excluding hydrogens is 294 g/mol. The third-order valence-corrected chi connectivity index (χ3v) is 2.97. The van der Waals surface area contributed by atoms with Crippen LogP contribution in [0.5, 0.6) is 0 Å². The minimum atomic E-state index is -1.44. The number of hydrogen-bond acceptors (Lipinski definition) is 8. The van der Waals surface area contributed by atoms with Gasteiger partial charge < -0.3 is 30.9 Å². The van der Waals surface area contributed by atoms with Crippen LogP contribution in [0, 0.1) is 0 Å². The summed E-state index contributed by atoms with van der Waals surface area (Å²) in [6.07, 6.45) is -5.38. The Bertz CT molecular complexity index is 512. The molecule has 0 bridgehead atoms. The van der Waals surface area contributed by atoms with Crippen LogP contribution < -0.4 is 11.4 Å². The van der Waals surface area contributed by atoms with Gasteiger partial charge in [0.15, 0.2) is 6.23 Å². The van der Waals surface area contributed by atoms with E-state index in [1.165, 1.54) is 12.3 Å². The molecule has 1 fully saturated rings. The summed E-state index contributed by atoms with van der Waals surface area (Å²) in [5.74, 6) is 0.0150. The SMILES string of the molecule is Cl.Nc1ccn(C2OC(C(O)CO)C(O)C2O)c(=O)n1. The molecule has 114 valence electrons. The molecule has 0 radical (unpaired) electrons. The van der Waals surface area contributed by atoms with Crippen molar-refractivity contribution in [3.8, 4) is 0 Å². The van der Waals surface area contributed by atoms with E-state index in [2.05, 4.69) is 4.98 Å². The zero-order valence-corrected chi connectivity index (χ0v) is 11.1. The molecule has 9 nitrogen and oxygen atoms in total. The van der Waals surface area contributed by atoms with Crippen molar-refractivity contribution in [1.29, 1.82) is 0 Å². The molecule has 1 aliphatic rings. The lowest BCUT2D eigenvalue weighted by Crippen LogP contribution is -2.40. The van der Waals surface area contributed by atoms with E-state index < -0.39 is 42.9 Å². The predicted molar refractivity (Wildman–Crippen MR) is 69.2 cm³/mol. The number of aliphatic hydroxyl groups excluding tert-OH is 4. The van der Waals surface area contributed by atoms with Crippen LogP contribution in [0.4, 0.5) is 5.82 Å². The average Bonchev–Trinajstić information content (AvgIpc) is 2.66. The van der Waals surface area contributed by atoms with Gasteiger partial charge in [-0.2, -0.15) is 4.98 Å². The molecular formula is C10H16ClN3O6.